The van der Waals surface area contributed by atoms with Crippen molar-refractivity contribution in [2.24, 2.45) is 16.7 Å². The minimum atomic E-state index is -0.788. The van der Waals surface area contributed by atoms with E-state index in [4.69, 9.17) is 4.74 Å². The molecule has 4 nitrogen and oxygen atoms in total. The molecule has 3 aliphatic carbocycles. The molecule has 0 aliphatic heterocycles. The van der Waals surface area contributed by atoms with Gasteiger partial charge in [0.2, 0.25) is 0 Å². The number of carboxylic acid groups (broad SMARTS) is 1. The van der Waals surface area contributed by atoms with Gasteiger partial charge in [0, 0.05) is 6.04 Å². The van der Waals surface area contributed by atoms with Gasteiger partial charge in [-0.15, -0.1) is 0 Å². The van der Waals surface area contributed by atoms with Crippen molar-refractivity contribution in [2.75, 3.05) is 6.61 Å². The predicted molar refractivity (Wildman–Crippen MR) is 76.6 cm³/mol. The minimum Gasteiger partial charge on any atom is -0.480 e. The highest BCUT2D eigenvalue weighted by Crippen LogP contribution is 2.66. The number of rotatable bonds is 6. The van der Waals surface area contributed by atoms with Gasteiger partial charge in [-0.2, -0.15) is 0 Å². The van der Waals surface area contributed by atoms with Crippen molar-refractivity contribution in [3.8, 4) is 0 Å². The first-order valence-corrected chi connectivity index (χ1v) is 7.95. The number of carboxylic acids is 1. The Bertz CT molecular complexity index is 405. The summed E-state index contributed by atoms with van der Waals surface area (Å²) in [6.45, 7) is 7.33. The number of fused-ring (bicyclic) bond motifs is 2. The van der Waals surface area contributed by atoms with Crippen LogP contribution in [0.4, 0.5) is 0 Å². The van der Waals surface area contributed by atoms with Crippen molar-refractivity contribution in [2.45, 2.75) is 71.1 Å². The van der Waals surface area contributed by atoms with E-state index in [2.05, 4.69) is 26.1 Å². The lowest BCUT2D eigenvalue weighted by atomic mass is 9.70. The third-order valence-electron chi connectivity index (χ3n) is 6.49. The third kappa shape index (κ3) is 2.17. The molecule has 3 saturated carbocycles. The number of hydrogen-bond acceptors (Lipinski definition) is 3. The molecule has 0 aromatic heterocycles. The molecule has 4 unspecified atom stereocenters. The molecule has 2 N–H and O–H groups in total. The predicted octanol–water partition coefficient (Wildman–Crippen LogP) is 2.42. The highest BCUT2D eigenvalue weighted by Gasteiger charge is 2.61. The molecule has 0 spiro atoms. The van der Waals surface area contributed by atoms with Gasteiger partial charge in [0.1, 0.15) is 6.04 Å². The summed E-state index contributed by atoms with van der Waals surface area (Å²) in [6.07, 6.45) is 6.02. The van der Waals surface area contributed by atoms with Crippen LogP contribution in [0.25, 0.3) is 0 Å². The van der Waals surface area contributed by atoms with E-state index in [1.54, 1.807) is 0 Å². The molecule has 0 amide bonds. The van der Waals surface area contributed by atoms with Crippen molar-refractivity contribution < 1.29 is 14.6 Å². The minimum absolute atomic E-state index is 0.209. The molecule has 114 valence electrons. The van der Waals surface area contributed by atoms with Crippen LogP contribution in [0.3, 0.4) is 0 Å². The Balaban J connectivity index is 1.59. The Hall–Kier alpha value is -0.610. The van der Waals surface area contributed by atoms with Crippen LogP contribution in [0.2, 0.25) is 0 Å². The summed E-state index contributed by atoms with van der Waals surface area (Å²) in [5.74, 6) is -0.0540. The lowest BCUT2D eigenvalue weighted by Gasteiger charge is -2.39. The van der Waals surface area contributed by atoms with Crippen LogP contribution >= 0.6 is 0 Å². The van der Waals surface area contributed by atoms with Gasteiger partial charge in [-0.1, -0.05) is 20.8 Å². The molecule has 2 bridgehead atoms. The highest BCUT2D eigenvalue weighted by molar-refractivity contribution is 5.73. The average molecular weight is 281 g/mol. The van der Waals surface area contributed by atoms with Crippen molar-refractivity contribution in [3.63, 3.8) is 0 Å². The fraction of sp³-hybridized carbons (Fsp3) is 0.938. The Morgan fingerprint density at radius 1 is 1.35 bits per heavy atom. The van der Waals surface area contributed by atoms with Crippen LogP contribution in [0.15, 0.2) is 0 Å². The SMILES string of the molecule is CC1(C)C2CCC1(C)C(OCC(NC1CC1)C(=O)O)C2. The van der Waals surface area contributed by atoms with E-state index in [-0.39, 0.29) is 11.5 Å². The second-order valence-electron chi connectivity index (χ2n) is 7.76. The normalized spacial score (nSPS) is 40.0. The highest BCUT2D eigenvalue weighted by atomic mass is 16.5. The van der Waals surface area contributed by atoms with Gasteiger partial charge in [-0.25, -0.2) is 0 Å². The first kappa shape index (κ1) is 14.3. The molecule has 3 fully saturated rings. The summed E-state index contributed by atoms with van der Waals surface area (Å²) in [5.41, 5.74) is 0.528. The monoisotopic (exact) mass is 281 g/mol. The van der Waals surface area contributed by atoms with E-state index in [0.717, 1.165) is 25.2 Å². The third-order valence-corrected chi connectivity index (χ3v) is 6.49. The first-order valence-electron chi connectivity index (χ1n) is 7.95. The fourth-order valence-corrected chi connectivity index (χ4v) is 4.32. The van der Waals surface area contributed by atoms with Crippen LogP contribution in [0.1, 0.15) is 52.9 Å². The molecular formula is C16H27NO3. The Kier molecular flexibility index (Phi) is 3.37. The summed E-state index contributed by atoms with van der Waals surface area (Å²) in [5, 5.41) is 12.4. The van der Waals surface area contributed by atoms with Crippen LogP contribution < -0.4 is 5.32 Å². The lowest BCUT2D eigenvalue weighted by molar-refractivity contribution is -0.143. The Morgan fingerprint density at radius 3 is 2.50 bits per heavy atom. The number of carbonyl (C=O) groups is 1. The Labute approximate surface area is 121 Å². The van der Waals surface area contributed by atoms with E-state index >= 15 is 0 Å². The largest absolute Gasteiger partial charge is 0.480 e. The number of nitrogens with one attached hydrogen (secondary N) is 1. The van der Waals surface area contributed by atoms with Crippen molar-refractivity contribution in [1.29, 1.82) is 0 Å². The summed E-state index contributed by atoms with van der Waals surface area (Å²) < 4.78 is 6.08. The zero-order valence-corrected chi connectivity index (χ0v) is 12.8. The van der Waals surface area contributed by atoms with Crippen molar-refractivity contribution in [3.05, 3.63) is 0 Å². The molecule has 0 aromatic rings. The van der Waals surface area contributed by atoms with Gasteiger partial charge in [0.05, 0.1) is 12.7 Å². The van der Waals surface area contributed by atoms with E-state index in [1.807, 2.05) is 0 Å². The average Bonchev–Trinajstić information content (AvgIpc) is 3.12. The van der Waals surface area contributed by atoms with Gasteiger partial charge >= 0.3 is 5.97 Å². The summed E-state index contributed by atoms with van der Waals surface area (Å²) >= 11 is 0. The smallest absolute Gasteiger partial charge is 0.323 e. The van der Waals surface area contributed by atoms with E-state index < -0.39 is 12.0 Å². The zero-order valence-electron chi connectivity index (χ0n) is 12.8. The second kappa shape index (κ2) is 4.70. The van der Waals surface area contributed by atoms with E-state index in [9.17, 15) is 9.90 Å². The van der Waals surface area contributed by atoms with Gasteiger partial charge < -0.3 is 9.84 Å². The molecule has 0 heterocycles. The maximum absolute atomic E-state index is 11.3. The number of ether oxygens (including phenoxy) is 1. The van der Waals surface area contributed by atoms with Crippen molar-refractivity contribution in [1.82, 2.24) is 5.32 Å². The molecular weight excluding hydrogens is 254 g/mol. The maximum atomic E-state index is 11.3. The standard InChI is InChI=1S/C16H27NO3/c1-15(2)10-6-7-16(15,3)13(8-10)20-9-12(14(18)19)17-11-4-5-11/h10-13,17H,4-9H2,1-3H3,(H,18,19). The Morgan fingerprint density at radius 2 is 2.05 bits per heavy atom. The van der Waals surface area contributed by atoms with Crippen LogP contribution in [0, 0.1) is 16.7 Å². The molecule has 3 rings (SSSR count). The van der Waals surface area contributed by atoms with Gasteiger partial charge in [0.15, 0.2) is 0 Å². The van der Waals surface area contributed by atoms with Crippen LogP contribution in [-0.2, 0) is 9.53 Å². The topological polar surface area (TPSA) is 58.6 Å². The molecule has 0 aromatic carbocycles. The van der Waals surface area contributed by atoms with E-state index in [0.29, 0.717) is 18.1 Å². The van der Waals surface area contributed by atoms with Gasteiger partial charge in [-0.05, 0) is 48.9 Å². The summed E-state index contributed by atoms with van der Waals surface area (Å²) in [4.78, 5) is 11.3. The van der Waals surface area contributed by atoms with Gasteiger partial charge in [-0.3, -0.25) is 10.1 Å². The number of aliphatic carboxylic acids is 1. The molecule has 0 radical (unpaired) electrons. The van der Waals surface area contributed by atoms with Gasteiger partial charge in [0.25, 0.3) is 0 Å². The fourth-order valence-electron chi connectivity index (χ4n) is 4.32. The van der Waals surface area contributed by atoms with Crippen LogP contribution in [-0.4, -0.2) is 35.9 Å². The first-order chi connectivity index (χ1) is 9.34. The number of hydrogen-bond donors (Lipinski definition) is 2. The molecule has 4 atom stereocenters. The maximum Gasteiger partial charge on any atom is 0.323 e. The summed E-state index contributed by atoms with van der Waals surface area (Å²) in [6, 6.07) is -0.153. The lowest BCUT2D eigenvalue weighted by Crippen LogP contribution is -2.45. The molecule has 4 heteroatoms. The van der Waals surface area contributed by atoms with Crippen molar-refractivity contribution >= 4 is 5.97 Å². The second-order valence-corrected chi connectivity index (χ2v) is 7.76. The summed E-state index contributed by atoms with van der Waals surface area (Å²) in [7, 11) is 0. The molecule has 0 saturated heterocycles. The molecule has 3 aliphatic rings. The zero-order chi connectivity index (χ0) is 14.5. The molecule has 20 heavy (non-hydrogen) atoms. The van der Waals surface area contributed by atoms with E-state index in [1.165, 1.54) is 12.8 Å². The van der Waals surface area contributed by atoms with Crippen LogP contribution in [0.5, 0.6) is 0 Å². The quantitative estimate of drug-likeness (QED) is 0.785.